The molecule has 0 unspecified atom stereocenters. The minimum absolute atomic E-state index is 0.197. The van der Waals surface area contributed by atoms with Crippen LogP contribution in [0.5, 0.6) is 0 Å². The summed E-state index contributed by atoms with van der Waals surface area (Å²) in [5, 5.41) is 12.3. The third kappa shape index (κ3) is 3.92. The fourth-order valence-electron chi connectivity index (χ4n) is 1.35. The van der Waals surface area contributed by atoms with E-state index in [0.717, 1.165) is 5.69 Å². The van der Waals surface area contributed by atoms with Crippen LogP contribution in [-0.2, 0) is 5.41 Å². The largest absolute Gasteiger partial charge is 0.392 e. The third-order valence-electron chi connectivity index (χ3n) is 2.35. The van der Waals surface area contributed by atoms with Gasteiger partial charge in [0.25, 0.3) is 0 Å². The molecule has 84 valence electrons. The topological polar surface area (TPSA) is 32.3 Å². The second-order valence-corrected chi connectivity index (χ2v) is 5.06. The Bertz CT molecular complexity index is 295. The molecule has 0 radical (unpaired) electrons. The monoisotopic (exact) mass is 207 g/mol. The van der Waals surface area contributed by atoms with Crippen molar-refractivity contribution >= 4 is 5.69 Å². The summed E-state index contributed by atoms with van der Waals surface area (Å²) in [6, 6.07) is 8.38. The second-order valence-electron chi connectivity index (χ2n) is 5.06. The summed E-state index contributed by atoms with van der Waals surface area (Å²) in [6.07, 6.45) is -0.313. The van der Waals surface area contributed by atoms with E-state index in [1.807, 2.05) is 0 Å². The van der Waals surface area contributed by atoms with E-state index in [2.05, 4.69) is 50.4 Å². The van der Waals surface area contributed by atoms with Crippen LogP contribution in [-0.4, -0.2) is 17.8 Å². The summed E-state index contributed by atoms with van der Waals surface area (Å²) in [4.78, 5) is 0. The first-order chi connectivity index (χ1) is 6.89. The Labute approximate surface area is 92.3 Å². The maximum absolute atomic E-state index is 9.14. The molecule has 0 aliphatic rings. The van der Waals surface area contributed by atoms with Crippen LogP contribution in [0, 0.1) is 0 Å². The van der Waals surface area contributed by atoms with E-state index >= 15 is 0 Å². The predicted molar refractivity (Wildman–Crippen MR) is 65.3 cm³/mol. The summed E-state index contributed by atoms with van der Waals surface area (Å²) in [6.45, 7) is 8.97. The number of nitrogens with one attached hydrogen (secondary N) is 1. The van der Waals surface area contributed by atoms with E-state index in [0.29, 0.717) is 6.54 Å². The molecule has 0 aliphatic carbocycles. The minimum atomic E-state index is -0.313. The molecule has 0 spiro atoms. The minimum Gasteiger partial charge on any atom is -0.392 e. The van der Waals surface area contributed by atoms with Crippen LogP contribution < -0.4 is 5.32 Å². The first-order valence-corrected chi connectivity index (χ1v) is 5.42. The van der Waals surface area contributed by atoms with Gasteiger partial charge in [-0.05, 0) is 30.0 Å². The van der Waals surface area contributed by atoms with E-state index < -0.39 is 0 Å². The van der Waals surface area contributed by atoms with Gasteiger partial charge in [0.15, 0.2) is 0 Å². The highest BCUT2D eigenvalue weighted by Crippen LogP contribution is 2.23. The van der Waals surface area contributed by atoms with Gasteiger partial charge in [0.05, 0.1) is 6.10 Å². The molecule has 2 heteroatoms. The van der Waals surface area contributed by atoms with Gasteiger partial charge in [-0.1, -0.05) is 32.9 Å². The molecule has 2 N–H and O–H groups in total. The Morgan fingerprint density at radius 2 is 1.73 bits per heavy atom. The van der Waals surface area contributed by atoms with E-state index in [1.165, 1.54) is 5.56 Å². The lowest BCUT2D eigenvalue weighted by Gasteiger charge is -2.19. The van der Waals surface area contributed by atoms with Crippen LogP contribution >= 0.6 is 0 Å². The lowest BCUT2D eigenvalue weighted by Crippen LogP contribution is -2.15. The highest BCUT2D eigenvalue weighted by molar-refractivity contribution is 5.45. The number of anilines is 1. The van der Waals surface area contributed by atoms with Gasteiger partial charge in [-0.15, -0.1) is 0 Å². The molecule has 1 rings (SSSR count). The van der Waals surface area contributed by atoms with Crippen molar-refractivity contribution in [2.24, 2.45) is 0 Å². The summed E-state index contributed by atoms with van der Waals surface area (Å²) in [5.41, 5.74) is 2.58. The van der Waals surface area contributed by atoms with Crippen LogP contribution in [0.2, 0.25) is 0 Å². The van der Waals surface area contributed by atoms with Crippen molar-refractivity contribution in [2.75, 3.05) is 11.9 Å². The average Bonchev–Trinajstić information content (AvgIpc) is 2.14. The van der Waals surface area contributed by atoms with Gasteiger partial charge in [-0.3, -0.25) is 0 Å². The fraction of sp³-hybridized carbons (Fsp3) is 0.538. The van der Waals surface area contributed by atoms with Gasteiger partial charge < -0.3 is 10.4 Å². The van der Waals surface area contributed by atoms with Crippen molar-refractivity contribution in [2.45, 2.75) is 39.2 Å². The zero-order valence-corrected chi connectivity index (χ0v) is 10.0. The lowest BCUT2D eigenvalue weighted by atomic mass is 9.87. The Balaban J connectivity index is 2.65. The third-order valence-corrected chi connectivity index (χ3v) is 2.35. The van der Waals surface area contributed by atoms with E-state index in [-0.39, 0.29) is 11.5 Å². The molecule has 2 nitrogen and oxygen atoms in total. The molecule has 1 atom stereocenters. The number of hydrogen-bond donors (Lipinski definition) is 2. The second kappa shape index (κ2) is 4.67. The molecule has 0 saturated carbocycles. The Kier molecular flexibility index (Phi) is 3.75. The molecular weight excluding hydrogens is 186 g/mol. The van der Waals surface area contributed by atoms with Gasteiger partial charge >= 0.3 is 0 Å². The van der Waals surface area contributed by atoms with Crippen molar-refractivity contribution in [3.8, 4) is 0 Å². The molecule has 1 aromatic rings. The molecule has 0 heterocycles. The first kappa shape index (κ1) is 12.1. The van der Waals surface area contributed by atoms with Crippen molar-refractivity contribution in [3.05, 3.63) is 29.8 Å². The molecule has 1 aromatic carbocycles. The normalized spacial score (nSPS) is 13.7. The van der Waals surface area contributed by atoms with Gasteiger partial charge in [0.1, 0.15) is 0 Å². The molecule has 0 aromatic heterocycles. The lowest BCUT2D eigenvalue weighted by molar-refractivity contribution is 0.208. The van der Waals surface area contributed by atoms with Crippen LogP contribution in [0.1, 0.15) is 33.3 Å². The standard InChI is InChI=1S/C13H21NO/c1-10(15)9-14-12-7-5-11(6-8-12)13(2,3)4/h5-8,10,14-15H,9H2,1-4H3/t10-/m1/s1. The van der Waals surface area contributed by atoms with Crippen LogP contribution in [0.4, 0.5) is 5.69 Å². The molecular formula is C13H21NO. The van der Waals surface area contributed by atoms with Gasteiger partial charge in [-0.25, -0.2) is 0 Å². The van der Waals surface area contributed by atoms with Gasteiger partial charge in [-0.2, -0.15) is 0 Å². The Morgan fingerprint density at radius 3 is 2.13 bits per heavy atom. The number of aliphatic hydroxyl groups excluding tert-OH is 1. The quantitative estimate of drug-likeness (QED) is 0.798. The van der Waals surface area contributed by atoms with E-state index in [9.17, 15) is 0 Å². The van der Waals surface area contributed by atoms with E-state index in [4.69, 9.17) is 5.11 Å². The summed E-state index contributed by atoms with van der Waals surface area (Å²) in [5.74, 6) is 0. The maximum atomic E-state index is 9.14. The molecule has 0 bridgehead atoms. The molecule has 0 saturated heterocycles. The maximum Gasteiger partial charge on any atom is 0.0684 e. The molecule has 0 aliphatic heterocycles. The number of benzene rings is 1. The Hall–Kier alpha value is -1.02. The number of hydrogen-bond acceptors (Lipinski definition) is 2. The van der Waals surface area contributed by atoms with Crippen LogP contribution in [0.25, 0.3) is 0 Å². The molecule has 0 fully saturated rings. The summed E-state index contributed by atoms with van der Waals surface area (Å²) < 4.78 is 0. The highest BCUT2D eigenvalue weighted by atomic mass is 16.3. The van der Waals surface area contributed by atoms with Crippen molar-refractivity contribution in [3.63, 3.8) is 0 Å². The molecule has 15 heavy (non-hydrogen) atoms. The first-order valence-electron chi connectivity index (χ1n) is 5.42. The predicted octanol–water partition coefficient (Wildman–Crippen LogP) is 2.78. The van der Waals surface area contributed by atoms with E-state index in [1.54, 1.807) is 6.92 Å². The molecule has 0 amide bonds. The SMILES string of the molecule is C[C@@H](O)CNc1ccc(C(C)(C)C)cc1. The van der Waals surface area contributed by atoms with Gasteiger partial charge in [0.2, 0.25) is 0 Å². The zero-order valence-electron chi connectivity index (χ0n) is 10.0. The average molecular weight is 207 g/mol. The van der Waals surface area contributed by atoms with Crippen LogP contribution in [0.15, 0.2) is 24.3 Å². The van der Waals surface area contributed by atoms with Crippen LogP contribution in [0.3, 0.4) is 0 Å². The van der Waals surface area contributed by atoms with Crippen molar-refractivity contribution < 1.29 is 5.11 Å². The Morgan fingerprint density at radius 1 is 1.20 bits per heavy atom. The zero-order chi connectivity index (χ0) is 11.5. The van der Waals surface area contributed by atoms with Crippen molar-refractivity contribution in [1.82, 2.24) is 0 Å². The number of rotatable bonds is 3. The summed E-state index contributed by atoms with van der Waals surface area (Å²) >= 11 is 0. The summed E-state index contributed by atoms with van der Waals surface area (Å²) in [7, 11) is 0. The highest BCUT2D eigenvalue weighted by Gasteiger charge is 2.12. The fourth-order valence-corrected chi connectivity index (χ4v) is 1.35. The smallest absolute Gasteiger partial charge is 0.0684 e. The number of aliphatic hydroxyl groups is 1. The van der Waals surface area contributed by atoms with Gasteiger partial charge in [0, 0.05) is 12.2 Å². The van der Waals surface area contributed by atoms with Crippen molar-refractivity contribution in [1.29, 1.82) is 0 Å².